The highest BCUT2D eigenvalue weighted by Crippen LogP contribution is 2.57. The van der Waals surface area contributed by atoms with Crippen molar-refractivity contribution >= 4 is 143 Å². The molecule has 0 N–H and O–H groups in total. The van der Waals surface area contributed by atoms with E-state index in [2.05, 4.69) is 135 Å². The van der Waals surface area contributed by atoms with E-state index in [9.17, 15) is 0 Å². The van der Waals surface area contributed by atoms with Crippen LogP contribution in [-0.2, 0) is 6.18 Å². The van der Waals surface area contributed by atoms with Gasteiger partial charge in [0, 0.05) is 89.7 Å². The summed E-state index contributed by atoms with van der Waals surface area (Å²) in [5.74, 6) is -1.92. The molecule has 13 heteroatoms. The van der Waals surface area contributed by atoms with Gasteiger partial charge in [0.05, 0.1) is 22.6 Å². The number of fused-ring (bicyclic) bond motifs is 8. The van der Waals surface area contributed by atoms with Crippen molar-refractivity contribution in [2.75, 3.05) is 24.5 Å². The van der Waals surface area contributed by atoms with E-state index >= 15 is 22.0 Å². The summed E-state index contributed by atoms with van der Waals surface area (Å²) in [6.45, 7) is -1.67. The molecule has 0 aromatic heterocycles. The van der Waals surface area contributed by atoms with Crippen molar-refractivity contribution in [2.45, 2.75) is 16.0 Å². The molecule has 4 heterocycles. The number of hydrogen-bond acceptors (Lipinski definition) is 6. The van der Waals surface area contributed by atoms with Crippen molar-refractivity contribution in [3.05, 3.63) is 369 Å². The number of nitrogens with zero attached hydrogens (tertiary/aromatic N) is 5. The third kappa shape index (κ3) is 10.4. The summed E-state index contributed by atoms with van der Waals surface area (Å²) in [6.07, 6.45) is -5.14. The molecular formula is C91H58B2F5N5S. The Morgan fingerprint density at radius 3 is 1.16 bits per heavy atom. The molecule has 15 aromatic carbocycles. The summed E-state index contributed by atoms with van der Waals surface area (Å²) >= 11 is 1.10. The van der Waals surface area contributed by atoms with Gasteiger partial charge in [-0.25, -0.2) is 8.78 Å². The van der Waals surface area contributed by atoms with E-state index in [1.54, 1.807) is 24.3 Å². The second-order valence-electron chi connectivity index (χ2n) is 26.5. The Morgan fingerprint density at radius 2 is 0.683 bits per heavy atom. The van der Waals surface area contributed by atoms with Gasteiger partial charge in [-0.05, 0) is 170 Å². The lowest BCUT2D eigenvalue weighted by Crippen LogP contribution is -2.65. The average molecular weight is 1370 g/mol. The highest BCUT2D eigenvalue weighted by atomic mass is 32.2. The topological polar surface area (TPSA) is 16.2 Å². The lowest BCUT2D eigenvalue weighted by molar-refractivity contribution is -0.139. The second-order valence-corrected chi connectivity index (χ2v) is 27.5. The summed E-state index contributed by atoms with van der Waals surface area (Å²) < 4.78 is 91.1. The van der Waals surface area contributed by atoms with Crippen LogP contribution in [0.5, 0.6) is 0 Å². The van der Waals surface area contributed by atoms with Gasteiger partial charge in [0.25, 0.3) is 6.71 Å². The molecule has 0 atom stereocenters. The third-order valence-corrected chi connectivity index (χ3v) is 21.7. The van der Waals surface area contributed by atoms with Gasteiger partial charge < -0.3 is 24.5 Å². The molecule has 4 aliphatic heterocycles. The molecule has 0 unspecified atom stereocenters. The van der Waals surface area contributed by atoms with Gasteiger partial charge in [-0.2, -0.15) is 13.2 Å². The van der Waals surface area contributed by atoms with Gasteiger partial charge in [-0.1, -0.05) is 248 Å². The molecule has 0 radical (unpaired) electrons. The third-order valence-electron chi connectivity index (χ3n) is 20.5. The number of anilines is 15. The summed E-state index contributed by atoms with van der Waals surface area (Å²) in [7, 11) is 0. The maximum atomic E-state index is 18.7. The monoisotopic (exact) mass is 1370 g/mol. The minimum Gasteiger partial charge on any atom is -0.311 e. The fraction of sp³-hybridized carbons (Fsp3) is 0.0110. The predicted molar refractivity (Wildman–Crippen MR) is 421 cm³/mol. The molecule has 0 amide bonds. The lowest BCUT2D eigenvalue weighted by Gasteiger charge is -2.47. The Bertz CT molecular complexity index is 5690. The van der Waals surface area contributed by atoms with Crippen LogP contribution < -0.4 is 57.3 Å². The van der Waals surface area contributed by atoms with Gasteiger partial charge in [-0.3, -0.25) is 0 Å². The van der Waals surface area contributed by atoms with Gasteiger partial charge >= 0.3 is 6.18 Å². The van der Waals surface area contributed by atoms with Gasteiger partial charge in [0.15, 0.2) is 5.82 Å². The number of alkyl halides is 3. The molecule has 0 saturated heterocycles. The minimum atomic E-state index is -5.14. The first-order chi connectivity index (χ1) is 51.1. The number of hydrogen-bond donors (Lipinski definition) is 0. The molecule has 0 saturated carbocycles. The Hall–Kier alpha value is -12.6. The Balaban J connectivity index is 0.928. The number of halogens is 5. The summed E-state index contributed by atoms with van der Waals surface area (Å²) in [5.41, 5.74) is 16.5. The maximum Gasteiger partial charge on any atom is 0.419 e. The van der Waals surface area contributed by atoms with Gasteiger partial charge in [0.2, 0.25) is 6.71 Å². The standard InChI is InChI=1S/C91H58B2F5N5S/c94-64-52-73(63-30-12-3-13-31-63)88(78(95)53-64)103-82-55-71(99(65-32-14-4-15-33-65)66-34-16-5-17-35-66)54-81-86(82)92(74-40-22-24-42-79(74)101(81)67-36-18-6-19-37-67)76-58-77-90(85(89(76)103)91(96,97)98)104-84-57-72(56-83-87(84)93(77)75-41-23-25-43-80(75)102(83)68-38-20-7-21-39-68)100(69-48-44-61(45-49-69)59-26-8-1-9-27-59)70-50-46-62(47-51-70)60-28-10-2-11-29-60/h1-58H. The normalized spacial score (nSPS) is 12.9. The molecule has 0 spiro atoms. The first-order valence-corrected chi connectivity index (χ1v) is 35.5. The van der Waals surface area contributed by atoms with Crippen LogP contribution in [0.25, 0.3) is 33.4 Å². The maximum absolute atomic E-state index is 18.7. The zero-order valence-corrected chi connectivity index (χ0v) is 56.5. The van der Waals surface area contributed by atoms with Crippen LogP contribution in [0.3, 0.4) is 0 Å². The van der Waals surface area contributed by atoms with Crippen molar-refractivity contribution in [1.82, 2.24) is 0 Å². The Morgan fingerprint density at radius 1 is 0.298 bits per heavy atom. The van der Waals surface area contributed by atoms with E-state index in [1.807, 2.05) is 200 Å². The van der Waals surface area contributed by atoms with E-state index < -0.39 is 36.8 Å². The quantitative estimate of drug-likeness (QED) is 0.0889. The molecule has 5 nitrogen and oxygen atoms in total. The van der Waals surface area contributed by atoms with Crippen LogP contribution in [-0.4, -0.2) is 13.4 Å². The fourth-order valence-electron chi connectivity index (χ4n) is 16.2. The second kappa shape index (κ2) is 25.2. The fourth-order valence-corrected chi connectivity index (χ4v) is 17.6. The summed E-state index contributed by atoms with van der Waals surface area (Å²) in [4.78, 5) is 10.8. The minimum absolute atomic E-state index is 0.0235. The largest absolute Gasteiger partial charge is 0.419 e. The lowest BCUT2D eigenvalue weighted by atomic mass is 9.30. The van der Waals surface area contributed by atoms with E-state index in [0.29, 0.717) is 43.9 Å². The highest BCUT2D eigenvalue weighted by molar-refractivity contribution is 8.00. The van der Waals surface area contributed by atoms with Crippen molar-refractivity contribution in [1.29, 1.82) is 0 Å². The van der Waals surface area contributed by atoms with Gasteiger partial charge in [0.1, 0.15) is 5.82 Å². The number of para-hydroxylation sites is 6. The molecule has 0 fully saturated rings. The zero-order valence-electron chi connectivity index (χ0n) is 55.7. The van der Waals surface area contributed by atoms with E-state index in [-0.39, 0.29) is 27.5 Å². The first-order valence-electron chi connectivity index (χ1n) is 34.7. The SMILES string of the molecule is Fc1cc(F)c(N2c3cc(N(c4ccccc4)c4ccccc4)cc4c3B(c3ccccc3N4c3ccccc3)c3cc4c(c(C(F)(F)F)c32)Sc2cc(N(c3ccc(-c5ccccc5)cc3)c3ccc(-c5ccccc5)cc3)cc3c2B4c2ccccc2N3c2ccccc2)c(-c2ccccc2)c1. The van der Waals surface area contributed by atoms with Crippen molar-refractivity contribution in [3.63, 3.8) is 0 Å². The first kappa shape index (κ1) is 62.4. The number of rotatable bonds is 12. The van der Waals surface area contributed by atoms with Crippen molar-refractivity contribution < 1.29 is 22.0 Å². The zero-order chi connectivity index (χ0) is 69.7. The van der Waals surface area contributed by atoms with Crippen molar-refractivity contribution in [3.8, 4) is 33.4 Å². The molecule has 494 valence electrons. The predicted octanol–water partition coefficient (Wildman–Crippen LogP) is 21.8. The molecule has 15 aromatic rings. The van der Waals surface area contributed by atoms with Crippen LogP contribution >= 0.6 is 11.8 Å². The molecule has 19 rings (SSSR count). The molecule has 0 bridgehead atoms. The number of benzene rings is 15. The molecule has 4 aliphatic rings. The average Bonchev–Trinajstić information content (AvgIpc) is 0.674. The van der Waals surface area contributed by atoms with Crippen LogP contribution in [0.15, 0.2) is 362 Å². The molecule has 0 aliphatic carbocycles. The highest BCUT2D eigenvalue weighted by Gasteiger charge is 2.53. The molecular weight excluding hydrogens is 1310 g/mol. The van der Waals surface area contributed by atoms with E-state index in [4.69, 9.17) is 0 Å². The molecule has 104 heavy (non-hydrogen) atoms. The van der Waals surface area contributed by atoms with E-state index in [0.717, 1.165) is 108 Å². The van der Waals surface area contributed by atoms with Crippen LogP contribution in [0.1, 0.15) is 5.56 Å². The van der Waals surface area contributed by atoms with Gasteiger partial charge in [-0.15, -0.1) is 0 Å². The Labute approximate surface area is 604 Å². The van der Waals surface area contributed by atoms with Crippen LogP contribution in [0, 0.1) is 11.6 Å². The van der Waals surface area contributed by atoms with Crippen LogP contribution in [0.2, 0.25) is 0 Å². The Kier molecular flexibility index (Phi) is 15.1. The van der Waals surface area contributed by atoms with Crippen molar-refractivity contribution in [2.24, 2.45) is 0 Å². The van der Waals surface area contributed by atoms with Crippen LogP contribution in [0.4, 0.5) is 107 Å². The summed E-state index contributed by atoms with van der Waals surface area (Å²) in [6, 6.07) is 114. The summed E-state index contributed by atoms with van der Waals surface area (Å²) in [5, 5.41) is 0. The van der Waals surface area contributed by atoms with E-state index in [1.165, 1.54) is 11.0 Å². The smallest absolute Gasteiger partial charge is 0.311 e.